The van der Waals surface area contributed by atoms with E-state index in [9.17, 15) is 4.79 Å². The van der Waals surface area contributed by atoms with Crippen molar-refractivity contribution in [3.05, 3.63) is 94.5 Å². The van der Waals surface area contributed by atoms with Crippen LogP contribution in [0.3, 0.4) is 0 Å². The van der Waals surface area contributed by atoms with Gasteiger partial charge in [-0.1, -0.05) is 66.2 Å². The smallest absolute Gasteiger partial charge is 0.246 e. The third-order valence-electron chi connectivity index (χ3n) is 5.55. The first kappa shape index (κ1) is 20.5. The Morgan fingerprint density at radius 3 is 2.60 bits per heavy atom. The van der Waals surface area contributed by atoms with Crippen LogP contribution in [0.5, 0.6) is 5.75 Å². The van der Waals surface area contributed by atoms with Crippen molar-refractivity contribution >= 4 is 23.2 Å². The molecular formula is C25H25ClN2O2. The highest BCUT2D eigenvalue weighted by Crippen LogP contribution is 2.32. The first-order valence-electron chi connectivity index (χ1n) is 10.2. The van der Waals surface area contributed by atoms with Gasteiger partial charge in [0.25, 0.3) is 0 Å². The summed E-state index contributed by atoms with van der Waals surface area (Å²) in [5, 5.41) is 7.08. The average Bonchev–Trinajstić information content (AvgIpc) is 2.78. The second kappa shape index (κ2) is 9.33. The van der Waals surface area contributed by atoms with Crippen molar-refractivity contribution < 1.29 is 9.53 Å². The summed E-state index contributed by atoms with van der Waals surface area (Å²) in [4.78, 5) is 13.3. The van der Waals surface area contributed by atoms with Crippen LogP contribution < -0.4 is 15.4 Å². The number of carbonyl (C=O) groups is 1. The van der Waals surface area contributed by atoms with Crippen LogP contribution in [0, 0.1) is 0 Å². The zero-order valence-electron chi connectivity index (χ0n) is 16.9. The highest BCUT2D eigenvalue weighted by molar-refractivity contribution is 6.32. The monoisotopic (exact) mass is 420 g/mol. The Balaban J connectivity index is 1.59. The molecule has 0 heterocycles. The maximum Gasteiger partial charge on any atom is 0.246 e. The van der Waals surface area contributed by atoms with Gasteiger partial charge in [-0.3, -0.25) is 10.1 Å². The lowest BCUT2D eigenvalue weighted by Crippen LogP contribution is -2.36. The molecule has 0 saturated heterocycles. The third-order valence-corrected chi connectivity index (χ3v) is 5.85. The minimum atomic E-state index is -0.483. The predicted molar refractivity (Wildman–Crippen MR) is 121 cm³/mol. The fourth-order valence-electron chi connectivity index (χ4n) is 4.06. The largest absolute Gasteiger partial charge is 0.495 e. The average molecular weight is 421 g/mol. The van der Waals surface area contributed by atoms with E-state index in [-0.39, 0.29) is 11.9 Å². The summed E-state index contributed by atoms with van der Waals surface area (Å²) in [6, 6.07) is 23.2. The van der Waals surface area contributed by atoms with Crippen molar-refractivity contribution in [1.82, 2.24) is 5.32 Å². The number of nitrogens with one attached hydrogen (secondary N) is 2. The highest BCUT2D eigenvalue weighted by atomic mass is 35.5. The zero-order chi connectivity index (χ0) is 20.9. The van der Waals surface area contributed by atoms with E-state index in [1.165, 1.54) is 11.1 Å². The molecule has 154 valence electrons. The van der Waals surface area contributed by atoms with Gasteiger partial charge in [-0.05, 0) is 54.2 Å². The van der Waals surface area contributed by atoms with Crippen molar-refractivity contribution in [3.8, 4) is 5.75 Å². The molecule has 2 atom stereocenters. The number of ether oxygens (including phenoxy) is 1. The number of fused-ring (bicyclic) bond motifs is 1. The van der Waals surface area contributed by atoms with Crippen molar-refractivity contribution in [2.24, 2.45) is 0 Å². The molecule has 3 aromatic carbocycles. The van der Waals surface area contributed by atoms with Gasteiger partial charge in [-0.15, -0.1) is 0 Å². The summed E-state index contributed by atoms with van der Waals surface area (Å²) in [7, 11) is 1.57. The van der Waals surface area contributed by atoms with Gasteiger partial charge >= 0.3 is 0 Å². The molecule has 1 aliphatic carbocycles. The number of carbonyl (C=O) groups excluding carboxylic acids is 1. The standard InChI is InChI=1S/C25H25ClN2O2/c1-30-23-15-14-19(16-21(23)26)27-25(29)24(18-9-3-2-4-10-18)28-22-13-7-11-17-8-5-6-12-20(17)22/h2-6,8-10,12,14-16,22,24,28H,7,11,13H2,1H3,(H,27,29)/t22-,24+/m1/s1. The molecule has 0 aliphatic heterocycles. The Kier molecular flexibility index (Phi) is 6.36. The SMILES string of the molecule is COc1ccc(NC(=O)[C@@H](N[C@@H]2CCCc3ccccc32)c2ccccc2)cc1Cl. The number of rotatable bonds is 6. The molecule has 0 fully saturated rings. The molecule has 4 rings (SSSR count). The fourth-order valence-corrected chi connectivity index (χ4v) is 4.31. The highest BCUT2D eigenvalue weighted by Gasteiger charge is 2.27. The summed E-state index contributed by atoms with van der Waals surface area (Å²) < 4.78 is 5.20. The van der Waals surface area contributed by atoms with Crippen LogP contribution in [-0.2, 0) is 11.2 Å². The summed E-state index contributed by atoms with van der Waals surface area (Å²) in [5.74, 6) is 0.455. The molecular weight excluding hydrogens is 396 g/mol. The first-order chi connectivity index (χ1) is 14.7. The molecule has 4 nitrogen and oxygen atoms in total. The summed E-state index contributed by atoms with van der Waals surface area (Å²) in [6.45, 7) is 0. The number of benzene rings is 3. The van der Waals surface area contributed by atoms with E-state index >= 15 is 0 Å². The zero-order valence-corrected chi connectivity index (χ0v) is 17.7. The van der Waals surface area contributed by atoms with Crippen LogP contribution in [0.4, 0.5) is 5.69 Å². The predicted octanol–water partition coefficient (Wildman–Crippen LogP) is 5.70. The minimum absolute atomic E-state index is 0.120. The third kappa shape index (κ3) is 4.50. The van der Waals surface area contributed by atoms with E-state index in [0.717, 1.165) is 24.8 Å². The lowest BCUT2D eigenvalue weighted by Gasteiger charge is -2.30. The van der Waals surface area contributed by atoms with Crippen molar-refractivity contribution in [1.29, 1.82) is 0 Å². The van der Waals surface area contributed by atoms with Crippen LogP contribution >= 0.6 is 11.6 Å². The van der Waals surface area contributed by atoms with Crippen LogP contribution in [-0.4, -0.2) is 13.0 Å². The number of amides is 1. The molecule has 2 N–H and O–H groups in total. The second-order valence-corrected chi connectivity index (χ2v) is 7.90. The summed E-state index contributed by atoms with van der Waals surface area (Å²) >= 11 is 6.23. The molecule has 0 bridgehead atoms. The number of hydrogen-bond donors (Lipinski definition) is 2. The van der Waals surface area contributed by atoms with Crippen LogP contribution in [0.15, 0.2) is 72.8 Å². The maximum atomic E-state index is 13.3. The topological polar surface area (TPSA) is 50.4 Å². The van der Waals surface area contributed by atoms with Crippen molar-refractivity contribution in [2.45, 2.75) is 31.3 Å². The Labute approximate surface area is 182 Å². The van der Waals surface area contributed by atoms with Gasteiger partial charge in [-0.25, -0.2) is 0 Å². The molecule has 0 radical (unpaired) electrons. The van der Waals surface area contributed by atoms with Gasteiger partial charge in [0, 0.05) is 11.7 Å². The molecule has 0 aromatic heterocycles. The molecule has 0 unspecified atom stereocenters. The fraction of sp³-hybridized carbons (Fsp3) is 0.240. The Morgan fingerprint density at radius 2 is 1.83 bits per heavy atom. The van der Waals surface area contributed by atoms with Gasteiger partial charge in [0.1, 0.15) is 11.8 Å². The van der Waals surface area contributed by atoms with E-state index in [1.54, 1.807) is 25.3 Å². The van der Waals surface area contributed by atoms with Gasteiger partial charge < -0.3 is 10.1 Å². The maximum absolute atomic E-state index is 13.3. The number of hydrogen-bond acceptors (Lipinski definition) is 3. The molecule has 3 aromatic rings. The second-order valence-electron chi connectivity index (χ2n) is 7.49. The van der Waals surface area contributed by atoms with E-state index in [0.29, 0.717) is 16.5 Å². The van der Waals surface area contributed by atoms with Gasteiger partial charge in [0.2, 0.25) is 5.91 Å². The number of anilines is 1. The molecule has 5 heteroatoms. The summed E-state index contributed by atoms with van der Waals surface area (Å²) in [5.41, 5.74) is 4.20. The molecule has 0 saturated carbocycles. The van der Waals surface area contributed by atoms with Gasteiger partial charge in [0.05, 0.1) is 12.1 Å². The molecule has 0 spiro atoms. The number of halogens is 1. The lowest BCUT2D eigenvalue weighted by atomic mass is 9.87. The van der Waals surface area contributed by atoms with E-state index in [2.05, 4.69) is 34.9 Å². The van der Waals surface area contributed by atoms with Gasteiger partial charge in [0.15, 0.2) is 0 Å². The van der Waals surface area contributed by atoms with Gasteiger partial charge in [-0.2, -0.15) is 0 Å². The van der Waals surface area contributed by atoms with Crippen LogP contribution in [0.25, 0.3) is 0 Å². The number of aryl methyl sites for hydroxylation is 1. The Bertz CT molecular complexity index is 1020. The number of methoxy groups -OCH3 is 1. The molecule has 1 amide bonds. The van der Waals surface area contributed by atoms with Crippen molar-refractivity contribution in [2.75, 3.05) is 12.4 Å². The lowest BCUT2D eigenvalue weighted by molar-refractivity contribution is -0.118. The minimum Gasteiger partial charge on any atom is -0.495 e. The first-order valence-corrected chi connectivity index (χ1v) is 10.6. The normalized spacial score (nSPS) is 16.4. The van der Waals surface area contributed by atoms with Crippen LogP contribution in [0.2, 0.25) is 5.02 Å². The molecule has 30 heavy (non-hydrogen) atoms. The quantitative estimate of drug-likeness (QED) is 0.538. The van der Waals surface area contributed by atoms with E-state index < -0.39 is 6.04 Å². The Morgan fingerprint density at radius 1 is 1.07 bits per heavy atom. The van der Waals surface area contributed by atoms with Crippen molar-refractivity contribution in [3.63, 3.8) is 0 Å². The van der Waals surface area contributed by atoms with E-state index in [4.69, 9.17) is 16.3 Å². The van der Waals surface area contributed by atoms with E-state index in [1.807, 2.05) is 30.3 Å². The Hall–Kier alpha value is -2.82. The van der Waals surface area contributed by atoms with Crippen LogP contribution in [0.1, 0.15) is 41.6 Å². The molecule has 1 aliphatic rings. The summed E-state index contributed by atoms with van der Waals surface area (Å²) in [6.07, 6.45) is 3.19.